The van der Waals surface area contributed by atoms with Gasteiger partial charge in [-0.1, -0.05) is 61.4 Å². The average molecular weight is 524 g/mol. The first-order valence-electron chi connectivity index (χ1n) is 9.97. The SMILES string of the molecule is CCCC(=O)C1(C(=O)OOC(=O)C2(C(=O)CCC)C=CC=C(Cl)C2Cl)C=CC=C(Cl)C1Cl. The van der Waals surface area contributed by atoms with E-state index in [0.717, 1.165) is 0 Å². The van der Waals surface area contributed by atoms with E-state index in [1.165, 1.54) is 36.5 Å². The van der Waals surface area contributed by atoms with E-state index in [4.69, 9.17) is 56.2 Å². The van der Waals surface area contributed by atoms with Crippen LogP contribution in [0.5, 0.6) is 0 Å². The zero-order chi connectivity index (χ0) is 24.1. The average Bonchev–Trinajstić information content (AvgIpc) is 2.76. The van der Waals surface area contributed by atoms with Gasteiger partial charge >= 0.3 is 11.9 Å². The van der Waals surface area contributed by atoms with Gasteiger partial charge in [-0.15, -0.1) is 23.2 Å². The maximum absolute atomic E-state index is 13.0. The highest BCUT2D eigenvalue weighted by atomic mass is 35.5. The van der Waals surface area contributed by atoms with E-state index < -0.39 is 45.1 Å². The number of Topliss-reactive ketones (excluding diaryl/α,β-unsaturated/α-hetero) is 2. The van der Waals surface area contributed by atoms with Crippen LogP contribution in [-0.2, 0) is 29.0 Å². The standard InChI is InChI=1S/C22H22Cl4O6/c1-3-7-15(27)21(11-5-9-13(23)17(21)25)19(29)31-32-20(30)22(16(28)8-4-2)12-6-10-14(24)18(22)26/h5-6,9-12,17-18H,3-4,7-8H2,1-2H3. The van der Waals surface area contributed by atoms with Gasteiger partial charge in [0, 0.05) is 22.9 Å². The second-order valence-corrected chi connectivity index (χ2v) is 9.12. The van der Waals surface area contributed by atoms with Crippen LogP contribution in [0.25, 0.3) is 0 Å². The lowest BCUT2D eigenvalue weighted by Gasteiger charge is -2.34. The molecule has 0 aliphatic heterocycles. The Hall–Kier alpha value is -1.60. The summed E-state index contributed by atoms with van der Waals surface area (Å²) in [6.07, 6.45) is 9.07. The molecule has 6 nitrogen and oxygen atoms in total. The van der Waals surface area contributed by atoms with Crippen molar-refractivity contribution in [3.8, 4) is 0 Å². The summed E-state index contributed by atoms with van der Waals surface area (Å²) in [7, 11) is 0. The highest BCUT2D eigenvalue weighted by Crippen LogP contribution is 2.43. The molecule has 0 saturated carbocycles. The summed E-state index contributed by atoms with van der Waals surface area (Å²) < 4.78 is 0. The molecule has 174 valence electrons. The first kappa shape index (κ1) is 26.7. The minimum atomic E-state index is -2.00. The lowest BCUT2D eigenvalue weighted by atomic mass is 9.75. The summed E-state index contributed by atoms with van der Waals surface area (Å²) in [4.78, 5) is 61.3. The van der Waals surface area contributed by atoms with E-state index >= 15 is 0 Å². The van der Waals surface area contributed by atoms with Crippen molar-refractivity contribution < 1.29 is 29.0 Å². The zero-order valence-electron chi connectivity index (χ0n) is 17.4. The summed E-state index contributed by atoms with van der Waals surface area (Å²) in [5, 5.41) is -2.43. The molecule has 10 heteroatoms. The van der Waals surface area contributed by atoms with Gasteiger partial charge in [-0.2, -0.15) is 0 Å². The normalized spacial score (nSPS) is 29.1. The number of rotatable bonds is 8. The van der Waals surface area contributed by atoms with Gasteiger partial charge in [0.25, 0.3) is 0 Å². The first-order chi connectivity index (χ1) is 15.1. The number of alkyl halides is 2. The van der Waals surface area contributed by atoms with E-state index in [1.54, 1.807) is 13.8 Å². The largest absolute Gasteiger partial charge is 0.374 e. The second kappa shape index (κ2) is 11.0. The predicted octanol–water partition coefficient (Wildman–Crippen LogP) is 5.30. The monoisotopic (exact) mass is 522 g/mol. The van der Waals surface area contributed by atoms with Crippen molar-refractivity contribution in [3.63, 3.8) is 0 Å². The first-order valence-corrected chi connectivity index (χ1v) is 11.6. The molecule has 2 rings (SSSR count). The smallest absolute Gasteiger partial charge is 0.298 e. The van der Waals surface area contributed by atoms with Crippen molar-refractivity contribution in [1.82, 2.24) is 0 Å². The molecule has 0 aromatic rings. The minimum absolute atomic E-state index is 0.00654. The summed E-state index contributed by atoms with van der Waals surface area (Å²) in [5.41, 5.74) is -3.99. The zero-order valence-corrected chi connectivity index (χ0v) is 20.4. The second-order valence-electron chi connectivity index (χ2n) is 7.37. The number of allylic oxidation sites excluding steroid dienone is 6. The molecule has 0 saturated heterocycles. The van der Waals surface area contributed by atoms with Gasteiger partial charge < -0.3 is 0 Å². The Kier molecular flexibility index (Phi) is 9.17. The molecule has 0 fully saturated rings. The molecule has 2 aliphatic carbocycles. The Labute approximate surface area is 206 Å². The summed E-state index contributed by atoms with van der Waals surface area (Å²) in [5.74, 6) is -3.59. The minimum Gasteiger partial charge on any atom is -0.298 e. The van der Waals surface area contributed by atoms with Crippen molar-refractivity contribution in [3.05, 3.63) is 46.5 Å². The number of hydrogen-bond acceptors (Lipinski definition) is 6. The maximum Gasteiger partial charge on any atom is 0.374 e. The number of halogens is 4. The Morgan fingerprint density at radius 2 is 1.12 bits per heavy atom. The van der Waals surface area contributed by atoms with Gasteiger partial charge in [0.1, 0.15) is 0 Å². The van der Waals surface area contributed by atoms with Crippen LogP contribution in [0.4, 0.5) is 0 Å². The van der Waals surface area contributed by atoms with Gasteiger partial charge in [-0.3, -0.25) is 9.59 Å². The molecule has 0 aromatic carbocycles. The molecule has 0 N–H and O–H groups in total. The number of hydrogen-bond donors (Lipinski definition) is 0. The fraction of sp³-hybridized carbons (Fsp3) is 0.455. The molecule has 2 aliphatic rings. The van der Waals surface area contributed by atoms with Gasteiger partial charge in [0.05, 0.1) is 10.8 Å². The van der Waals surface area contributed by atoms with Crippen LogP contribution in [0.2, 0.25) is 0 Å². The van der Waals surface area contributed by atoms with Crippen LogP contribution in [-0.4, -0.2) is 34.3 Å². The lowest BCUT2D eigenvalue weighted by Crippen LogP contribution is -2.50. The van der Waals surface area contributed by atoms with Gasteiger partial charge in [0.2, 0.25) is 0 Å². The fourth-order valence-corrected chi connectivity index (χ4v) is 4.68. The Bertz CT molecular complexity index is 847. The lowest BCUT2D eigenvalue weighted by molar-refractivity contribution is -0.269. The van der Waals surface area contributed by atoms with Crippen molar-refractivity contribution in [2.45, 2.75) is 50.3 Å². The molecule has 0 bridgehead atoms. The van der Waals surface area contributed by atoms with Crippen LogP contribution >= 0.6 is 46.4 Å². The molecule has 4 unspecified atom stereocenters. The van der Waals surface area contributed by atoms with Gasteiger partial charge in [-0.05, 0) is 25.0 Å². The van der Waals surface area contributed by atoms with E-state index in [2.05, 4.69) is 0 Å². The van der Waals surface area contributed by atoms with E-state index in [0.29, 0.717) is 12.8 Å². The fourth-order valence-electron chi connectivity index (χ4n) is 3.48. The molecule has 4 atom stereocenters. The number of carbonyl (C=O) groups is 4. The molecular weight excluding hydrogens is 502 g/mol. The summed E-state index contributed by atoms with van der Waals surface area (Å²) in [6, 6.07) is 0. The van der Waals surface area contributed by atoms with E-state index in [-0.39, 0.29) is 22.9 Å². The number of carbonyl (C=O) groups excluding carboxylic acids is 4. The highest BCUT2D eigenvalue weighted by molar-refractivity contribution is 6.41. The van der Waals surface area contributed by atoms with Crippen molar-refractivity contribution in [1.29, 1.82) is 0 Å². The number of ketones is 2. The highest BCUT2D eigenvalue weighted by Gasteiger charge is 2.56. The molecule has 0 spiro atoms. The van der Waals surface area contributed by atoms with Crippen LogP contribution < -0.4 is 0 Å². The summed E-state index contributed by atoms with van der Waals surface area (Å²) in [6.45, 7) is 3.50. The third-order valence-corrected chi connectivity index (χ3v) is 7.33. The summed E-state index contributed by atoms with van der Waals surface area (Å²) >= 11 is 24.8. The van der Waals surface area contributed by atoms with Gasteiger partial charge in [-0.25, -0.2) is 19.4 Å². The van der Waals surface area contributed by atoms with Crippen molar-refractivity contribution in [2.24, 2.45) is 10.8 Å². The third-order valence-electron chi connectivity index (χ3n) is 5.26. The molecule has 0 amide bonds. The van der Waals surface area contributed by atoms with E-state index in [9.17, 15) is 19.2 Å². The Morgan fingerprint density at radius 3 is 1.44 bits per heavy atom. The topological polar surface area (TPSA) is 86.7 Å². The maximum atomic E-state index is 13.0. The van der Waals surface area contributed by atoms with Crippen LogP contribution in [0.3, 0.4) is 0 Å². The van der Waals surface area contributed by atoms with Crippen LogP contribution in [0.15, 0.2) is 46.5 Å². The molecule has 0 radical (unpaired) electrons. The molecule has 0 aromatic heterocycles. The van der Waals surface area contributed by atoms with Gasteiger partial charge in [0.15, 0.2) is 22.4 Å². The van der Waals surface area contributed by atoms with Crippen molar-refractivity contribution in [2.75, 3.05) is 0 Å². The van der Waals surface area contributed by atoms with Crippen LogP contribution in [0, 0.1) is 10.8 Å². The Balaban J connectivity index is 2.33. The quantitative estimate of drug-likeness (QED) is 0.186. The third kappa shape index (κ3) is 4.69. The molecular formula is C22H22Cl4O6. The van der Waals surface area contributed by atoms with Crippen molar-refractivity contribution >= 4 is 69.9 Å². The molecule has 0 heterocycles. The Morgan fingerprint density at radius 1 is 0.781 bits per heavy atom. The van der Waals surface area contributed by atoms with Crippen LogP contribution in [0.1, 0.15) is 39.5 Å². The molecule has 32 heavy (non-hydrogen) atoms. The van der Waals surface area contributed by atoms with E-state index in [1.807, 2.05) is 0 Å². The predicted molar refractivity (Wildman–Crippen MR) is 122 cm³/mol.